The normalized spacial score (nSPS) is 20.0. The zero-order chi connectivity index (χ0) is 22.3. The fourth-order valence-corrected chi connectivity index (χ4v) is 5.21. The van der Waals surface area contributed by atoms with E-state index in [1.807, 2.05) is 6.92 Å². The van der Waals surface area contributed by atoms with Gasteiger partial charge < -0.3 is 15.0 Å². The lowest BCUT2D eigenvalue weighted by Crippen LogP contribution is -2.55. The van der Waals surface area contributed by atoms with E-state index in [2.05, 4.69) is 5.32 Å². The lowest BCUT2D eigenvalue weighted by molar-refractivity contribution is -0.166. The average Bonchev–Trinajstić information content (AvgIpc) is 2.80. The van der Waals surface area contributed by atoms with Gasteiger partial charge in [0.2, 0.25) is 12.3 Å². The first-order valence-corrected chi connectivity index (χ1v) is 11.4. The van der Waals surface area contributed by atoms with Gasteiger partial charge in [-0.1, -0.05) is 31.4 Å². The van der Waals surface area contributed by atoms with Crippen molar-refractivity contribution in [1.82, 2.24) is 10.2 Å². The summed E-state index contributed by atoms with van der Waals surface area (Å²) in [5.41, 5.74) is 0.256. The third kappa shape index (κ3) is 5.43. The molecule has 2 fully saturated rings. The number of carbonyl (C=O) groups excluding carboxylic acids is 3. The smallest absolute Gasteiger partial charge is 0.312 e. The van der Waals surface area contributed by atoms with E-state index in [0.717, 1.165) is 31.2 Å². The summed E-state index contributed by atoms with van der Waals surface area (Å²) in [7, 11) is 0. The number of amides is 2. The van der Waals surface area contributed by atoms with E-state index < -0.39 is 11.5 Å². The summed E-state index contributed by atoms with van der Waals surface area (Å²) in [6, 6.07) is 5.21. The van der Waals surface area contributed by atoms with Crippen LogP contribution in [-0.2, 0) is 25.5 Å². The number of nitrogens with one attached hydrogen (secondary N) is 1. The van der Waals surface area contributed by atoms with Gasteiger partial charge >= 0.3 is 5.97 Å². The van der Waals surface area contributed by atoms with Crippen LogP contribution in [-0.4, -0.2) is 48.9 Å². The fraction of sp³-hybridized carbons (Fsp3) is 0.625. The number of hydrogen-bond donors (Lipinski definition) is 1. The highest BCUT2D eigenvalue weighted by Gasteiger charge is 2.49. The van der Waals surface area contributed by atoms with Crippen LogP contribution in [0.15, 0.2) is 24.3 Å². The van der Waals surface area contributed by atoms with Gasteiger partial charge in [-0.25, -0.2) is 4.39 Å². The molecule has 31 heavy (non-hydrogen) atoms. The van der Waals surface area contributed by atoms with Crippen LogP contribution in [0.1, 0.15) is 57.4 Å². The molecular formula is C24H33FN2O4. The molecule has 7 heteroatoms. The number of likely N-dealkylation sites (tertiary alicyclic amines) is 1. The Kier molecular flexibility index (Phi) is 8.04. The van der Waals surface area contributed by atoms with Gasteiger partial charge in [-0.15, -0.1) is 0 Å². The minimum absolute atomic E-state index is 0.122. The molecule has 1 atom stereocenters. The van der Waals surface area contributed by atoms with Crippen molar-refractivity contribution in [3.8, 4) is 0 Å². The van der Waals surface area contributed by atoms with Gasteiger partial charge in [-0.05, 0) is 56.2 Å². The molecule has 1 N–H and O–H groups in total. The van der Waals surface area contributed by atoms with Gasteiger partial charge in [-0.2, -0.15) is 0 Å². The number of rotatable bonds is 8. The van der Waals surface area contributed by atoms with Gasteiger partial charge in [0, 0.05) is 19.5 Å². The molecule has 1 aromatic rings. The van der Waals surface area contributed by atoms with E-state index >= 15 is 0 Å². The van der Waals surface area contributed by atoms with Gasteiger partial charge in [0.1, 0.15) is 11.9 Å². The molecule has 1 aromatic carbocycles. The molecule has 170 valence electrons. The maximum absolute atomic E-state index is 13.2. The van der Waals surface area contributed by atoms with Crippen molar-refractivity contribution in [2.75, 3.05) is 19.7 Å². The predicted molar refractivity (Wildman–Crippen MR) is 115 cm³/mol. The molecule has 0 radical (unpaired) electrons. The summed E-state index contributed by atoms with van der Waals surface area (Å²) < 4.78 is 18.7. The van der Waals surface area contributed by atoms with Crippen LogP contribution in [0, 0.1) is 17.2 Å². The number of benzene rings is 1. The summed E-state index contributed by atoms with van der Waals surface area (Å²) in [4.78, 5) is 39.0. The Balaban J connectivity index is 1.69. The monoisotopic (exact) mass is 432 g/mol. The molecule has 0 spiro atoms. The number of esters is 1. The zero-order valence-corrected chi connectivity index (χ0v) is 18.3. The Hall–Kier alpha value is -2.44. The van der Waals surface area contributed by atoms with Gasteiger partial charge in [0.25, 0.3) is 0 Å². The first-order chi connectivity index (χ1) is 15.0. The summed E-state index contributed by atoms with van der Waals surface area (Å²) in [5.74, 6) is -0.329. The molecule has 0 bridgehead atoms. The van der Waals surface area contributed by atoms with E-state index in [4.69, 9.17) is 4.74 Å². The molecule has 2 aliphatic rings. The maximum atomic E-state index is 13.2. The number of halogens is 1. The molecule has 1 aliphatic carbocycles. The second-order valence-electron chi connectivity index (χ2n) is 8.70. The summed E-state index contributed by atoms with van der Waals surface area (Å²) in [5, 5.41) is 2.61. The number of hydrogen-bond acceptors (Lipinski definition) is 4. The number of carbonyl (C=O) groups is 3. The SMILES string of the molecule is CCOC(=O)C1(C2CCCCC2)CCN(C(=O)[C@@H](Cc2ccc(F)cc2)NC=O)CC1. The van der Waals surface area contributed by atoms with E-state index in [1.165, 1.54) is 18.6 Å². The number of ether oxygens (including phenoxy) is 1. The van der Waals surface area contributed by atoms with Crippen LogP contribution < -0.4 is 5.32 Å². The molecule has 0 aromatic heterocycles. The largest absolute Gasteiger partial charge is 0.466 e. The second kappa shape index (κ2) is 10.7. The molecule has 0 unspecified atom stereocenters. The zero-order valence-electron chi connectivity index (χ0n) is 18.3. The summed E-state index contributed by atoms with van der Waals surface area (Å²) in [6.07, 6.45) is 7.55. The first-order valence-electron chi connectivity index (χ1n) is 11.4. The van der Waals surface area contributed by atoms with E-state index in [1.54, 1.807) is 17.0 Å². The highest BCUT2D eigenvalue weighted by atomic mass is 19.1. The average molecular weight is 433 g/mol. The topological polar surface area (TPSA) is 75.7 Å². The fourth-order valence-electron chi connectivity index (χ4n) is 5.21. The molecular weight excluding hydrogens is 399 g/mol. The minimum Gasteiger partial charge on any atom is -0.466 e. The van der Waals surface area contributed by atoms with Gasteiger partial charge in [-0.3, -0.25) is 14.4 Å². The molecule has 2 amide bonds. The van der Waals surface area contributed by atoms with E-state index in [-0.39, 0.29) is 17.7 Å². The molecule has 1 saturated heterocycles. The quantitative estimate of drug-likeness (QED) is 0.506. The van der Waals surface area contributed by atoms with Crippen molar-refractivity contribution in [1.29, 1.82) is 0 Å². The number of piperidine rings is 1. The van der Waals surface area contributed by atoms with Crippen molar-refractivity contribution < 1.29 is 23.5 Å². The summed E-state index contributed by atoms with van der Waals surface area (Å²) in [6.45, 7) is 3.12. The maximum Gasteiger partial charge on any atom is 0.312 e. The van der Waals surface area contributed by atoms with Crippen LogP contribution >= 0.6 is 0 Å². The van der Waals surface area contributed by atoms with Crippen LogP contribution in [0.3, 0.4) is 0 Å². The predicted octanol–water partition coefficient (Wildman–Crippen LogP) is 3.24. The van der Waals surface area contributed by atoms with Crippen molar-refractivity contribution in [2.24, 2.45) is 11.3 Å². The molecule has 1 heterocycles. The highest BCUT2D eigenvalue weighted by molar-refractivity contribution is 5.85. The Morgan fingerprint density at radius 3 is 2.42 bits per heavy atom. The van der Waals surface area contributed by atoms with Crippen molar-refractivity contribution in [3.05, 3.63) is 35.6 Å². The second-order valence-corrected chi connectivity index (χ2v) is 8.70. The first kappa shape index (κ1) is 23.2. The van der Waals surface area contributed by atoms with E-state index in [9.17, 15) is 18.8 Å². The summed E-state index contributed by atoms with van der Waals surface area (Å²) >= 11 is 0. The molecule has 3 rings (SSSR count). The number of nitrogens with zero attached hydrogens (tertiary/aromatic N) is 1. The van der Waals surface area contributed by atoms with E-state index in [0.29, 0.717) is 51.3 Å². The third-order valence-electron chi connectivity index (χ3n) is 6.96. The Labute approximate surface area is 183 Å². The molecule has 6 nitrogen and oxygen atoms in total. The van der Waals surface area contributed by atoms with Crippen LogP contribution in [0.25, 0.3) is 0 Å². The van der Waals surface area contributed by atoms with Gasteiger partial charge in [0.05, 0.1) is 12.0 Å². The lowest BCUT2D eigenvalue weighted by atomic mass is 9.63. The van der Waals surface area contributed by atoms with Crippen molar-refractivity contribution in [3.63, 3.8) is 0 Å². The van der Waals surface area contributed by atoms with Crippen LogP contribution in [0.4, 0.5) is 4.39 Å². The van der Waals surface area contributed by atoms with Crippen LogP contribution in [0.2, 0.25) is 0 Å². The lowest BCUT2D eigenvalue weighted by Gasteiger charge is -2.46. The van der Waals surface area contributed by atoms with Crippen LogP contribution in [0.5, 0.6) is 0 Å². The Morgan fingerprint density at radius 1 is 1.19 bits per heavy atom. The standard InChI is InChI=1S/C24H33FN2O4/c1-2-31-23(30)24(19-6-4-3-5-7-19)12-14-27(15-13-24)22(29)21(26-17-28)16-18-8-10-20(25)11-9-18/h8-11,17,19,21H,2-7,12-16H2,1H3,(H,26,28)/t21-/m1/s1. The molecule has 1 saturated carbocycles. The molecule has 1 aliphatic heterocycles. The van der Waals surface area contributed by atoms with Crippen molar-refractivity contribution in [2.45, 2.75) is 64.3 Å². The Morgan fingerprint density at radius 2 is 1.84 bits per heavy atom. The Bertz CT molecular complexity index is 753. The third-order valence-corrected chi connectivity index (χ3v) is 6.96. The van der Waals surface area contributed by atoms with Crippen molar-refractivity contribution >= 4 is 18.3 Å². The highest BCUT2D eigenvalue weighted by Crippen LogP contribution is 2.46. The minimum atomic E-state index is -0.715. The van der Waals surface area contributed by atoms with Gasteiger partial charge in [0.15, 0.2) is 0 Å².